The first-order chi connectivity index (χ1) is 7.16. The lowest BCUT2D eigenvalue weighted by molar-refractivity contribution is -0.114. The molecule has 4 nitrogen and oxygen atoms in total. The minimum atomic E-state index is -0.130. The van der Waals surface area contributed by atoms with Crippen LogP contribution in [0.1, 0.15) is 6.92 Å². The molecule has 2 rings (SSSR count). The van der Waals surface area contributed by atoms with Crippen molar-refractivity contribution in [2.45, 2.75) is 6.92 Å². The van der Waals surface area contributed by atoms with E-state index in [4.69, 9.17) is 0 Å². The summed E-state index contributed by atoms with van der Waals surface area (Å²) in [6.07, 6.45) is 1.66. The fraction of sp³-hybridized carbons (Fsp3) is 0.100. The number of anilines is 1. The molecule has 0 aliphatic carbocycles. The highest BCUT2D eigenvalue weighted by molar-refractivity contribution is 9.10. The minimum Gasteiger partial charge on any atom is -0.311 e. The summed E-state index contributed by atoms with van der Waals surface area (Å²) in [5, 5.41) is 3.55. The molecule has 0 aromatic carbocycles. The molecule has 5 heteroatoms. The van der Waals surface area contributed by atoms with E-state index in [1.165, 1.54) is 6.92 Å². The van der Waals surface area contributed by atoms with E-state index in [-0.39, 0.29) is 5.91 Å². The number of fused-ring (bicyclic) bond motifs is 1. The van der Waals surface area contributed by atoms with Crippen LogP contribution in [0.3, 0.4) is 0 Å². The molecule has 0 aliphatic rings. The van der Waals surface area contributed by atoms with Crippen molar-refractivity contribution in [1.82, 2.24) is 9.97 Å². The zero-order valence-corrected chi connectivity index (χ0v) is 9.58. The van der Waals surface area contributed by atoms with Crippen LogP contribution in [0.4, 0.5) is 5.82 Å². The molecule has 0 bridgehead atoms. The molecule has 0 fully saturated rings. The van der Waals surface area contributed by atoms with Gasteiger partial charge in [0.1, 0.15) is 10.4 Å². The minimum absolute atomic E-state index is 0.130. The van der Waals surface area contributed by atoms with Crippen molar-refractivity contribution in [2.24, 2.45) is 0 Å². The van der Waals surface area contributed by atoms with Crippen LogP contribution in [0.15, 0.2) is 29.0 Å². The maximum Gasteiger partial charge on any atom is 0.222 e. The summed E-state index contributed by atoms with van der Waals surface area (Å²) < 4.78 is 0.752. The highest BCUT2D eigenvalue weighted by atomic mass is 79.9. The zero-order chi connectivity index (χ0) is 10.8. The van der Waals surface area contributed by atoms with Crippen LogP contribution in [-0.2, 0) is 4.79 Å². The summed E-state index contributed by atoms with van der Waals surface area (Å²) in [6, 6.07) is 5.41. The molecule has 0 spiro atoms. The number of aromatic nitrogens is 2. The van der Waals surface area contributed by atoms with E-state index in [0.29, 0.717) is 5.82 Å². The van der Waals surface area contributed by atoms with Gasteiger partial charge in [0.05, 0.1) is 5.52 Å². The van der Waals surface area contributed by atoms with Crippen LogP contribution in [0.5, 0.6) is 0 Å². The quantitative estimate of drug-likeness (QED) is 0.806. The Balaban J connectivity index is 2.52. The van der Waals surface area contributed by atoms with Gasteiger partial charge in [0, 0.05) is 18.5 Å². The van der Waals surface area contributed by atoms with Crippen molar-refractivity contribution in [3.8, 4) is 0 Å². The Labute approximate surface area is 94.9 Å². The summed E-state index contributed by atoms with van der Waals surface area (Å²) in [7, 11) is 0. The van der Waals surface area contributed by atoms with E-state index < -0.39 is 0 Å². The second kappa shape index (κ2) is 3.94. The third kappa shape index (κ3) is 2.12. The van der Waals surface area contributed by atoms with Gasteiger partial charge in [-0.1, -0.05) is 0 Å². The number of halogens is 1. The summed E-state index contributed by atoms with van der Waals surface area (Å²) in [4.78, 5) is 19.2. The predicted molar refractivity (Wildman–Crippen MR) is 61.5 cm³/mol. The Morgan fingerprint density at radius 3 is 2.93 bits per heavy atom. The molecule has 0 radical (unpaired) electrons. The average Bonchev–Trinajstić information content (AvgIpc) is 2.17. The number of hydrogen-bond donors (Lipinski definition) is 1. The first-order valence-corrected chi connectivity index (χ1v) is 5.15. The molecule has 0 saturated carbocycles. The number of pyridine rings is 2. The first kappa shape index (κ1) is 10.0. The maximum atomic E-state index is 10.8. The van der Waals surface area contributed by atoms with Gasteiger partial charge in [-0.25, -0.2) is 9.97 Å². The van der Waals surface area contributed by atoms with Gasteiger partial charge in [-0.15, -0.1) is 0 Å². The Morgan fingerprint density at radius 2 is 2.20 bits per heavy atom. The van der Waals surface area contributed by atoms with E-state index in [9.17, 15) is 4.79 Å². The molecule has 0 unspecified atom stereocenters. The van der Waals surface area contributed by atoms with Gasteiger partial charge < -0.3 is 5.32 Å². The molecular weight excluding hydrogens is 258 g/mol. The molecule has 1 N–H and O–H groups in total. The van der Waals surface area contributed by atoms with Crippen molar-refractivity contribution in [2.75, 3.05) is 5.32 Å². The third-order valence-electron chi connectivity index (χ3n) is 1.87. The number of rotatable bonds is 1. The monoisotopic (exact) mass is 265 g/mol. The molecular formula is C10H8BrN3O. The number of nitrogens with zero attached hydrogens (tertiary/aromatic N) is 2. The maximum absolute atomic E-state index is 10.8. The van der Waals surface area contributed by atoms with Gasteiger partial charge in [0.25, 0.3) is 0 Å². The number of nitrogens with one attached hydrogen (secondary N) is 1. The normalized spacial score (nSPS) is 10.3. The molecule has 0 aliphatic heterocycles. The topological polar surface area (TPSA) is 54.9 Å². The van der Waals surface area contributed by atoms with Crippen molar-refractivity contribution in [3.05, 3.63) is 29.0 Å². The van der Waals surface area contributed by atoms with Gasteiger partial charge in [-0.05, 0) is 34.1 Å². The van der Waals surface area contributed by atoms with Crippen LogP contribution in [0.25, 0.3) is 10.9 Å². The second-order valence-electron chi connectivity index (χ2n) is 3.05. The van der Waals surface area contributed by atoms with Gasteiger partial charge in [0.2, 0.25) is 5.91 Å². The van der Waals surface area contributed by atoms with E-state index in [1.807, 2.05) is 6.07 Å². The molecule has 0 saturated heterocycles. The standard InChI is InChI=1S/C10H8BrN3O/c1-6(15)13-9-3-2-7-8(14-9)4-5-12-10(7)11/h2-5H,1H3,(H,13,14,15). The smallest absolute Gasteiger partial charge is 0.222 e. The number of hydrogen-bond acceptors (Lipinski definition) is 3. The lowest BCUT2D eigenvalue weighted by Gasteiger charge is -2.03. The fourth-order valence-corrected chi connectivity index (χ4v) is 1.72. The molecule has 2 aromatic rings. The fourth-order valence-electron chi connectivity index (χ4n) is 1.27. The van der Waals surface area contributed by atoms with Crippen LogP contribution in [0.2, 0.25) is 0 Å². The number of amides is 1. The molecule has 15 heavy (non-hydrogen) atoms. The van der Waals surface area contributed by atoms with Crippen LogP contribution < -0.4 is 5.32 Å². The first-order valence-electron chi connectivity index (χ1n) is 4.35. The SMILES string of the molecule is CC(=O)Nc1ccc2c(Br)nccc2n1. The molecule has 2 heterocycles. The molecule has 2 aromatic heterocycles. The highest BCUT2D eigenvalue weighted by Gasteiger charge is 2.02. The largest absolute Gasteiger partial charge is 0.311 e. The average molecular weight is 266 g/mol. The van der Waals surface area contributed by atoms with Gasteiger partial charge in [0.15, 0.2) is 0 Å². The van der Waals surface area contributed by atoms with Crippen molar-refractivity contribution in [1.29, 1.82) is 0 Å². The van der Waals surface area contributed by atoms with Gasteiger partial charge in [-0.2, -0.15) is 0 Å². The predicted octanol–water partition coefficient (Wildman–Crippen LogP) is 2.35. The van der Waals surface area contributed by atoms with E-state index in [2.05, 4.69) is 31.2 Å². The lowest BCUT2D eigenvalue weighted by Crippen LogP contribution is -2.07. The summed E-state index contributed by atoms with van der Waals surface area (Å²) >= 11 is 3.33. The number of carbonyl (C=O) groups is 1. The highest BCUT2D eigenvalue weighted by Crippen LogP contribution is 2.21. The van der Waals surface area contributed by atoms with Crippen LogP contribution in [0, 0.1) is 0 Å². The second-order valence-corrected chi connectivity index (χ2v) is 3.80. The summed E-state index contributed by atoms with van der Waals surface area (Å²) in [5.41, 5.74) is 0.795. The van der Waals surface area contributed by atoms with Crippen LogP contribution >= 0.6 is 15.9 Å². The summed E-state index contributed by atoms with van der Waals surface area (Å²) in [5.74, 6) is 0.420. The molecule has 1 amide bonds. The van der Waals surface area contributed by atoms with E-state index in [0.717, 1.165) is 15.5 Å². The summed E-state index contributed by atoms with van der Waals surface area (Å²) in [6.45, 7) is 1.45. The lowest BCUT2D eigenvalue weighted by atomic mass is 10.3. The van der Waals surface area contributed by atoms with E-state index in [1.54, 1.807) is 18.3 Å². The van der Waals surface area contributed by atoms with Gasteiger partial charge >= 0.3 is 0 Å². The van der Waals surface area contributed by atoms with Crippen molar-refractivity contribution < 1.29 is 4.79 Å². The van der Waals surface area contributed by atoms with Crippen LogP contribution in [-0.4, -0.2) is 15.9 Å². The number of carbonyl (C=O) groups excluding carboxylic acids is 1. The van der Waals surface area contributed by atoms with Crippen molar-refractivity contribution >= 4 is 38.6 Å². The molecule has 76 valence electrons. The Kier molecular flexibility index (Phi) is 2.64. The molecule has 0 atom stereocenters. The Hall–Kier alpha value is -1.49. The Bertz CT molecular complexity index is 527. The Morgan fingerprint density at radius 1 is 1.40 bits per heavy atom. The zero-order valence-electron chi connectivity index (χ0n) is 7.99. The van der Waals surface area contributed by atoms with Gasteiger partial charge in [-0.3, -0.25) is 4.79 Å². The van der Waals surface area contributed by atoms with E-state index >= 15 is 0 Å². The third-order valence-corrected chi connectivity index (χ3v) is 2.50. The van der Waals surface area contributed by atoms with Crippen molar-refractivity contribution in [3.63, 3.8) is 0 Å².